The van der Waals surface area contributed by atoms with Crippen LogP contribution in [0.3, 0.4) is 0 Å². The van der Waals surface area contributed by atoms with Gasteiger partial charge in [0.05, 0.1) is 5.02 Å². The number of carbonyl (C=O) groups excluding carboxylic acids is 2. The number of rotatable bonds is 6. The minimum absolute atomic E-state index is 0.0296. The van der Waals surface area contributed by atoms with Gasteiger partial charge >= 0.3 is 0 Å². The highest BCUT2D eigenvalue weighted by Gasteiger charge is 2.58. The molecule has 1 aromatic rings. The van der Waals surface area contributed by atoms with Crippen molar-refractivity contribution in [2.24, 2.45) is 28.9 Å². The third-order valence-corrected chi connectivity index (χ3v) is 10.4. The van der Waals surface area contributed by atoms with E-state index in [2.05, 4.69) is 5.32 Å². The largest absolute Gasteiger partial charge is 0.369 e. The minimum atomic E-state index is -3.98. The van der Waals surface area contributed by atoms with Gasteiger partial charge in [0.1, 0.15) is 10.4 Å². The van der Waals surface area contributed by atoms with Crippen LogP contribution in [0, 0.1) is 23.2 Å². The number of likely N-dealkylation sites (N-methyl/N-ethyl adjacent to an activating group) is 1. The second-order valence-corrected chi connectivity index (χ2v) is 12.4. The topological polar surface area (TPSA) is 110 Å². The highest BCUT2D eigenvalue weighted by Crippen LogP contribution is 2.60. The number of primary amides is 1. The van der Waals surface area contributed by atoms with Crippen molar-refractivity contribution in [1.29, 1.82) is 0 Å². The van der Waals surface area contributed by atoms with Crippen LogP contribution in [0.25, 0.3) is 0 Å². The number of nitrogens with one attached hydrogen (secondary N) is 1. The van der Waals surface area contributed by atoms with Gasteiger partial charge in [0.2, 0.25) is 21.8 Å². The Morgan fingerprint density at radius 3 is 2.29 bits per heavy atom. The number of amides is 2. The molecule has 5 rings (SSSR count). The summed E-state index contributed by atoms with van der Waals surface area (Å²) in [5.41, 5.74) is 3.99. The fraction of sp³-hybridized carbons (Fsp3) is 0.636. The zero-order chi connectivity index (χ0) is 22.8. The lowest BCUT2D eigenvalue weighted by Crippen LogP contribution is -2.65. The SMILES string of the molecule is CN(C(C)(C)C(=O)NC1[C@@H]2CC3C[C@H]1CC(C(N)=O)(C3)C2)S(=O)(=O)c1ccccc1Cl. The van der Waals surface area contributed by atoms with E-state index in [-0.39, 0.29) is 39.6 Å². The lowest BCUT2D eigenvalue weighted by molar-refractivity contribution is -0.148. The van der Waals surface area contributed by atoms with E-state index in [9.17, 15) is 18.0 Å². The molecule has 2 amide bonds. The number of hydrogen-bond donors (Lipinski definition) is 2. The Balaban J connectivity index is 1.53. The lowest BCUT2D eigenvalue weighted by Gasteiger charge is -2.59. The Morgan fingerprint density at radius 2 is 1.74 bits per heavy atom. The Bertz CT molecular complexity index is 1010. The van der Waals surface area contributed by atoms with Gasteiger partial charge in [-0.25, -0.2) is 8.42 Å². The fourth-order valence-electron chi connectivity index (χ4n) is 6.13. The Labute approximate surface area is 188 Å². The second kappa shape index (κ2) is 7.46. The van der Waals surface area contributed by atoms with E-state index in [4.69, 9.17) is 17.3 Å². The van der Waals surface area contributed by atoms with Gasteiger partial charge in [-0.2, -0.15) is 4.31 Å². The van der Waals surface area contributed by atoms with E-state index >= 15 is 0 Å². The number of benzene rings is 1. The zero-order valence-corrected chi connectivity index (χ0v) is 19.7. The fourth-order valence-corrected chi connectivity index (χ4v) is 8.11. The Hall–Kier alpha value is -1.64. The van der Waals surface area contributed by atoms with E-state index < -0.39 is 21.0 Å². The van der Waals surface area contributed by atoms with Crippen LogP contribution in [0.15, 0.2) is 29.2 Å². The average molecular weight is 468 g/mol. The number of nitrogens with zero attached hydrogens (tertiary/aromatic N) is 1. The molecule has 5 atom stereocenters. The summed E-state index contributed by atoms with van der Waals surface area (Å²) in [7, 11) is -2.58. The van der Waals surface area contributed by atoms with Crippen molar-refractivity contribution in [1.82, 2.24) is 9.62 Å². The molecule has 4 aliphatic carbocycles. The maximum atomic E-state index is 13.3. The molecule has 9 heteroatoms. The standard InChI is InChI=1S/C22H30ClN3O4S/c1-21(2,26(3)31(29,30)17-7-5-4-6-16(17)23)20(28)25-18-14-8-13-9-15(18)12-22(10-13,11-14)19(24)27/h4-7,13-15,18H,8-12H2,1-3H3,(H2,24,27)(H,25,28)/t13?,14-,15+,18?,22?. The van der Waals surface area contributed by atoms with Gasteiger partial charge in [-0.05, 0) is 75.8 Å². The number of nitrogens with two attached hydrogens (primary N) is 1. The summed E-state index contributed by atoms with van der Waals surface area (Å²) < 4.78 is 27.4. The van der Waals surface area contributed by atoms with Crippen molar-refractivity contribution >= 4 is 33.4 Å². The van der Waals surface area contributed by atoms with Crippen molar-refractivity contribution in [3.05, 3.63) is 29.3 Å². The first-order valence-electron chi connectivity index (χ1n) is 10.7. The van der Waals surface area contributed by atoms with Crippen molar-refractivity contribution in [2.45, 2.75) is 62.4 Å². The molecule has 4 saturated carbocycles. The van der Waals surface area contributed by atoms with Crippen LogP contribution >= 0.6 is 11.6 Å². The van der Waals surface area contributed by atoms with Crippen LogP contribution in [-0.4, -0.2) is 43.2 Å². The van der Waals surface area contributed by atoms with Crippen LogP contribution in [0.5, 0.6) is 0 Å². The van der Waals surface area contributed by atoms with Gasteiger partial charge in [-0.15, -0.1) is 0 Å². The van der Waals surface area contributed by atoms with Crippen LogP contribution in [0.2, 0.25) is 5.02 Å². The lowest BCUT2D eigenvalue weighted by atomic mass is 9.47. The summed E-state index contributed by atoms with van der Waals surface area (Å²) in [6.45, 7) is 3.19. The summed E-state index contributed by atoms with van der Waals surface area (Å²) in [6, 6.07) is 6.14. The van der Waals surface area contributed by atoms with Crippen molar-refractivity contribution < 1.29 is 18.0 Å². The van der Waals surface area contributed by atoms with Crippen LogP contribution < -0.4 is 11.1 Å². The molecule has 7 nitrogen and oxygen atoms in total. The first kappa shape index (κ1) is 22.6. The van der Waals surface area contributed by atoms with Crippen LogP contribution in [0.1, 0.15) is 46.0 Å². The molecule has 4 bridgehead atoms. The summed E-state index contributed by atoms with van der Waals surface area (Å²) in [5, 5.41) is 3.26. The summed E-state index contributed by atoms with van der Waals surface area (Å²) >= 11 is 6.11. The van der Waals surface area contributed by atoms with Gasteiger partial charge < -0.3 is 11.1 Å². The monoisotopic (exact) mass is 467 g/mol. The molecular weight excluding hydrogens is 438 g/mol. The predicted octanol–water partition coefficient (Wildman–Crippen LogP) is 2.54. The first-order chi connectivity index (χ1) is 14.4. The predicted molar refractivity (Wildman–Crippen MR) is 118 cm³/mol. The number of halogens is 1. The van der Waals surface area contributed by atoms with E-state index in [0.717, 1.165) is 23.6 Å². The maximum Gasteiger partial charge on any atom is 0.245 e. The molecule has 3 unspecified atom stereocenters. The molecule has 4 aliphatic rings. The van der Waals surface area contributed by atoms with E-state index in [1.807, 2.05) is 0 Å². The zero-order valence-electron chi connectivity index (χ0n) is 18.1. The molecule has 0 spiro atoms. The quantitative estimate of drug-likeness (QED) is 0.669. The molecule has 0 heterocycles. The summed E-state index contributed by atoms with van der Waals surface area (Å²) in [5.74, 6) is 0.307. The molecule has 0 aliphatic heterocycles. The van der Waals surface area contributed by atoms with Crippen molar-refractivity contribution in [3.63, 3.8) is 0 Å². The number of sulfonamides is 1. The smallest absolute Gasteiger partial charge is 0.245 e. The highest BCUT2D eigenvalue weighted by molar-refractivity contribution is 7.89. The summed E-state index contributed by atoms with van der Waals surface area (Å²) in [6.07, 6.45) is 4.22. The molecule has 170 valence electrons. The number of hydrogen-bond acceptors (Lipinski definition) is 4. The number of carbonyl (C=O) groups is 2. The van der Waals surface area contributed by atoms with Gasteiger partial charge in [0, 0.05) is 18.5 Å². The molecule has 0 saturated heterocycles. The molecule has 1 aromatic carbocycles. The van der Waals surface area contributed by atoms with Crippen LogP contribution in [-0.2, 0) is 19.6 Å². The van der Waals surface area contributed by atoms with Gasteiger partial charge in [-0.3, -0.25) is 9.59 Å². The summed E-state index contributed by atoms with van der Waals surface area (Å²) in [4.78, 5) is 25.5. The molecule has 0 aromatic heterocycles. The molecular formula is C22H30ClN3O4S. The minimum Gasteiger partial charge on any atom is -0.369 e. The van der Waals surface area contributed by atoms with Gasteiger partial charge in [0.25, 0.3) is 0 Å². The van der Waals surface area contributed by atoms with Gasteiger partial charge in [0.15, 0.2) is 0 Å². The first-order valence-corrected chi connectivity index (χ1v) is 12.5. The third-order valence-electron chi connectivity index (χ3n) is 7.91. The normalized spacial score (nSPS) is 32.3. The van der Waals surface area contributed by atoms with Gasteiger partial charge in [-0.1, -0.05) is 23.7 Å². The van der Waals surface area contributed by atoms with E-state index in [1.165, 1.54) is 19.2 Å². The van der Waals surface area contributed by atoms with Crippen LogP contribution in [0.4, 0.5) is 0 Å². The molecule has 3 N–H and O–H groups in total. The molecule has 4 fully saturated rings. The maximum absolute atomic E-state index is 13.3. The third kappa shape index (κ3) is 3.56. The van der Waals surface area contributed by atoms with Crippen molar-refractivity contribution in [2.75, 3.05) is 7.05 Å². The molecule has 31 heavy (non-hydrogen) atoms. The average Bonchev–Trinajstić information content (AvgIpc) is 2.69. The Kier molecular flexibility index (Phi) is 5.42. The Morgan fingerprint density at radius 1 is 1.16 bits per heavy atom. The van der Waals surface area contributed by atoms with E-state index in [1.54, 1.807) is 26.0 Å². The highest BCUT2D eigenvalue weighted by atomic mass is 35.5. The second-order valence-electron chi connectivity index (χ2n) is 10.1. The molecule has 0 radical (unpaired) electrons. The van der Waals surface area contributed by atoms with E-state index in [0.29, 0.717) is 18.8 Å². The van der Waals surface area contributed by atoms with Crippen molar-refractivity contribution in [3.8, 4) is 0 Å².